The maximum atomic E-state index is 12.2. The van der Waals surface area contributed by atoms with Crippen LogP contribution in [0.5, 0.6) is 12.0 Å². The van der Waals surface area contributed by atoms with Gasteiger partial charge in [-0.25, -0.2) is 13.1 Å². The molecule has 2 aromatic rings. The lowest BCUT2D eigenvalue weighted by atomic mass is 10.3. The van der Waals surface area contributed by atoms with Crippen molar-refractivity contribution < 1.29 is 17.9 Å². The van der Waals surface area contributed by atoms with E-state index in [0.29, 0.717) is 5.69 Å². The molecular weight excluding hydrogens is 298 g/mol. The van der Waals surface area contributed by atoms with Crippen LogP contribution in [0, 0.1) is 0 Å². The molecule has 1 heterocycles. The topological polar surface area (TPSA) is 129 Å². The van der Waals surface area contributed by atoms with Crippen LogP contribution in [-0.4, -0.2) is 37.6 Å². The number of nitrogens with one attached hydrogen (secondary N) is 1. The van der Waals surface area contributed by atoms with Gasteiger partial charge in [0.05, 0.1) is 19.1 Å². The molecule has 0 bridgehead atoms. The van der Waals surface area contributed by atoms with Crippen LogP contribution in [0.25, 0.3) is 0 Å². The maximum absolute atomic E-state index is 12.2. The van der Waals surface area contributed by atoms with E-state index in [9.17, 15) is 8.42 Å². The Bertz CT molecular complexity index is 711. The molecule has 10 heteroatoms. The van der Waals surface area contributed by atoms with Crippen LogP contribution in [0.2, 0.25) is 0 Å². The summed E-state index contributed by atoms with van der Waals surface area (Å²) in [5.74, 6) is -0.212. The van der Waals surface area contributed by atoms with Gasteiger partial charge in [-0.2, -0.15) is 9.97 Å². The number of anilines is 2. The van der Waals surface area contributed by atoms with E-state index in [2.05, 4.69) is 19.7 Å². The zero-order chi connectivity index (χ0) is 15.5. The van der Waals surface area contributed by atoms with Crippen LogP contribution in [0.15, 0.2) is 29.2 Å². The fourth-order valence-corrected chi connectivity index (χ4v) is 2.34. The highest BCUT2D eigenvalue weighted by molar-refractivity contribution is 7.92. The molecule has 0 spiro atoms. The highest BCUT2D eigenvalue weighted by Gasteiger charge is 2.17. The summed E-state index contributed by atoms with van der Waals surface area (Å²) in [7, 11) is -1.17. The molecule has 112 valence electrons. The minimum absolute atomic E-state index is 0.0232. The second kappa shape index (κ2) is 5.79. The SMILES string of the molecule is COc1nc(NS(=O)(=O)c2ccc(N)cc2)nc(OC)n1. The van der Waals surface area contributed by atoms with Crippen LogP contribution in [0.1, 0.15) is 0 Å². The summed E-state index contributed by atoms with van der Waals surface area (Å²) in [4.78, 5) is 11.4. The Labute approximate surface area is 121 Å². The molecule has 1 aromatic carbocycles. The summed E-state index contributed by atoms with van der Waals surface area (Å²) in [5, 5.41) is 0. The zero-order valence-electron chi connectivity index (χ0n) is 11.3. The van der Waals surface area contributed by atoms with Crippen molar-refractivity contribution in [1.82, 2.24) is 15.0 Å². The largest absolute Gasteiger partial charge is 0.467 e. The molecule has 0 saturated carbocycles. The van der Waals surface area contributed by atoms with E-state index in [0.717, 1.165) is 0 Å². The van der Waals surface area contributed by atoms with Gasteiger partial charge < -0.3 is 15.2 Å². The summed E-state index contributed by atoms with van der Waals surface area (Å²) in [6.07, 6.45) is 0. The molecule has 0 aliphatic rings. The van der Waals surface area contributed by atoms with Crippen LogP contribution in [-0.2, 0) is 10.0 Å². The minimum Gasteiger partial charge on any atom is -0.467 e. The minimum atomic E-state index is -3.85. The second-order valence-electron chi connectivity index (χ2n) is 3.81. The third kappa shape index (κ3) is 3.48. The van der Waals surface area contributed by atoms with Crippen LogP contribution < -0.4 is 19.9 Å². The standard InChI is InChI=1S/C11H13N5O4S/c1-19-10-13-9(14-11(15-10)20-2)16-21(17,18)8-5-3-7(12)4-6-8/h3-6H,12H2,1-2H3,(H,13,14,15,16). The smallest absolute Gasteiger partial charge is 0.324 e. The van der Waals surface area contributed by atoms with Crippen molar-refractivity contribution in [2.75, 3.05) is 24.7 Å². The van der Waals surface area contributed by atoms with Gasteiger partial charge >= 0.3 is 12.0 Å². The molecule has 0 fully saturated rings. The van der Waals surface area contributed by atoms with E-state index in [1.165, 1.54) is 38.5 Å². The lowest BCUT2D eigenvalue weighted by Gasteiger charge is -2.08. The van der Waals surface area contributed by atoms with Crippen molar-refractivity contribution in [2.24, 2.45) is 0 Å². The van der Waals surface area contributed by atoms with Crippen molar-refractivity contribution in [3.05, 3.63) is 24.3 Å². The quantitative estimate of drug-likeness (QED) is 0.753. The first kappa shape index (κ1) is 14.8. The molecule has 0 atom stereocenters. The molecule has 0 aliphatic carbocycles. The number of nitrogen functional groups attached to an aromatic ring is 1. The Hall–Kier alpha value is -2.62. The lowest BCUT2D eigenvalue weighted by Crippen LogP contribution is -2.16. The predicted molar refractivity (Wildman–Crippen MR) is 74.6 cm³/mol. The average Bonchev–Trinajstić information content (AvgIpc) is 2.46. The van der Waals surface area contributed by atoms with Gasteiger partial charge in [0.2, 0.25) is 5.95 Å². The number of hydrogen-bond acceptors (Lipinski definition) is 8. The van der Waals surface area contributed by atoms with Crippen LogP contribution >= 0.6 is 0 Å². The van der Waals surface area contributed by atoms with Gasteiger partial charge in [-0.1, -0.05) is 0 Å². The summed E-state index contributed by atoms with van der Waals surface area (Å²) in [6.45, 7) is 0. The van der Waals surface area contributed by atoms with Gasteiger partial charge in [0.1, 0.15) is 0 Å². The zero-order valence-corrected chi connectivity index (χ0v) is 12.1. The highest BCUT2D eigenvalue weighted by atomic mass is 32.2. The van der Waals surface area contributed by atoms with E-state index in [1.54, 1.807) is 0 Å². The maximum Gasteiger partial charge on any atom is 0.324 e. The van der Waals surface area contributed by atoms with Crippen molar-refractivity contribution >= 4 is 21.7 Å². The molecule has 21 heavy (non-hydrogen) atoms. The molecule has 0 aliphatic heterocycles. The van der Waals surface area contributed by atoms with E-state index < -0.39 is 10.0 Å². The van der Waals surface area contributed by atoms with Crippen LogP contribution in [0.3, 0.4) is 0 Å². The number of methoxy groups -OCH3 is 2. The summed E-state index contributed by atoms with van der Waals surface area (Å²) < 4.78 is 36.2. The Kier molecular flexibility index (Phi) is 4.08. The van der Waals surface area contributed by atoms with E-state index in [1.807, 2.05) is 0 Å². The number of nitrogens with zero attached hydrogens (tertiary/aromatic N) is 3. The first-order valence-electron chi connectivity index (χ1n) is 5.67. The van der Waals surface area contributed by atoms with Gasteiger partial charge in [-0.05, 0) is 24.3 Å². The number of sulfonamides is 1. The summed E-state index contributed by atoms with van der Waals surface area (Å²) >= 11 is 0. The number of hydrogen-bond donors (Lipinski definition) is 2. The van der Waals surface area contributed by atoms with Crippen molar-refractivity contribution in [3.63, 3.8) is 0 Å². The molecule has 2 rings (SSSR count). The monoisotopic (exact) mass is 311 g/mol. The molecule has 0 radical (unpaired) electrons. The number of nitrogens with two attached hydrogens (primary N) is 1. The van der Waals surface area contributed by atoms with Gasteiger partial charge in [0, 0.05) is 5.69 Å². The first-order chi connectivity index (χ1) is 9.94. The highest BCUT2D eigenvalue weighted by Crippen LogP contribution is 2.17. The molecule has 9 nitrogen and oxygen atoms in total. The Morgan fingerprint density at radius 2 is 1.52 bits per heavy atom. The van der Waals surface area contributed by atoms with Crippen molar-refractivity contribution in [2.45, 2.75) is 4.90 Å². The van der Waals surface area contributed by atoms with E-state index >= 15 is 0 Å². The van der Waals surface area contributed by atoms with Gasteiger partial charge in [0.25, 0.3) is 10.0 Å². The molecule has 0 saturated heterocycles. The van der Waals surface area contributed by atoms with Gasteiger partial charge in [0.15, 0.2) is 0 Å². The normalized spacial score (nSPS) is 11.0. The number of rotatable bonds is 5. The fraction of sp³-hybridized carbons (Fsp3) is 0.182. The number of aromatic nitrogens is 3. The Morgan fingerprint density at radius 3 is 2.00 bits per heavy atom. The van der Waals surface area contributed by atoms with Crippen molar-refractivity contribution in [3.8, 4) is 12.0 Å². The van der Waals surface area contributed by atoms with E-state index in [-0.39, 0.29) is 22.9 Å². The third-order valence-electron chi connectivity index (χ3n) is 2.38. The number of ether oxygens (including phenoxy) is 2. The molecular formula is C11H13N5O4S. The summed E-state index contributed by atoms with van der Waals surface area (Å²) in [6, 6.07) is 5.54. The lowest BCUT2D eigenvalue weighted by molar-refractivity contribution is 0.341. The summed E-state index contributed by atoms with van der Waals surface area (Å²) in [5.41, 5.74) is 5.97. The Morgan fingerprint density at radius 1 is 1.00 bits per heavy atom. The van der Waals surface area contributed by atoms with Gasteiger partial charge in [-0.15, -0.1) is 4.98 Å². The average molecular weight is 311 g/mol. The second-order valence-corrected chi connectivity index (χ2v) is 5.49. The molecule has 3 N–H and O–H groups in total. The van der Waals surface area contributed by atoms with Gasteiger partial charge in [-0.3, -0.25) is 0 Å². The third-order valence-corrected chi connectivity index (χ3v) is 3.72. The Balaban J connectivity index is 2.34. The van der Waals surface area contributed by atoms with E-state index in [4.69, 9.17) is 15.2 Å². The fourth-order valence-electron chi connectivity index (χ4n) is 1.39. The van der Waals surface area contributed by atoms with Crippen LogP contribution in [0.4, 0.5) is 11.6 Å². The first-order valence-corrected chi connectivity index (χ1v) is 7.15. The van der Waals surface area contributed by atoms with Crippen molar-refractivity contribution in [1.29, 1.82) is 0 Å². The predicted octanol–water partition coefficient (Wildman–Crippen LogP) is 0.272. The number of benzene rings is 1. The molecule has 0 amide bonds. The molecule has 1 aromatic heterocycles. The molecule has 0 unspecified atom stereocenters.